The average molecular weight is 307 g/mol. The second kappa shape index (κ2) is 10.4. The summed E-state index contributed by atoms with van der Waals surface area (Å²) in [6.45, 7) is 2.31. The van der Waals surface area contributed by atoms with Crippen LogP contribution >= 0.6 is 0 Å². The Labute approximate surface area is 138 Å². The Morgan fingerprint density at radius 1 is 0.727 bits per heavy atom. The molecule has 128 valence electrons. The van der Waals surface area contributed by atoms with Crippen LogP contribution in [0.15, 0.2) is 0 Å². The van der Waals surface area contributed by atoms with Gasteiger partial charge < -0.3 is 4.79 Å². The predicted molar refractivity (Wildman–Crippen MR) is 95.0 cm³/mol. The Morgan fingerprint density at radius 2 is 1.23 bits per heavy atom. The van der Waals surface area contributed by atoms with Crippen LogP contribution in [0.3, 0.4) is 0 Å². The van der Waals surface area contributed by atoms with Gasteiger partial charge in [0, 0.05) is 6.42 Å². The summed E-state index contributed by atoms with van der Waals surface area (Å²) in [6, 6.07) is 0. The van der Waals surface area contributed by atoms with Crippen LogP contribution in [-0.2, 0) is 4.79 Å². The lowest BCUT2D eigenvalue weighted by atomic mass is 9.68. The fraction of sp³-hybridized carbons (Fsp3) is 0.952. The molecule has 0 spiro atoms. The van der Waals surface area contributed by atoms with Crippen LogP contribution < -0.4 is 0 Å². The van der Waals surface area contributed by atoms with Crippen LogP contribution in [0.25, 0.3) is 0 Å². The molecule has 22 heavy (non-hydrogen) atoms. The predicted octanol–water partition coefficient (Wildman–Crippen LogP) is 6.55. The molecule has 0 aromatic rings. The first kappa shape index (κ1) is 18.0. The molecule has 0 aliphatic heterocycles. The molecule has 2 aliphatic rings. The number of rotatable bonds is 9. The minimum atomic E-state index is 0.780. The largest absolute Gasteiger partial charge is 0.303 e. The number of unbranched alkanes of at least 4 members (excludes halogenated alkanes) is 3. The highest BCUT2D eigenvalue weighted by Gasteiger charge is 2.30. The Morgan fingerprint density at radius 3 is 1.68 bits per heavy atom. The van der Waals surface area contributed by atoms with Crippen LogP contribution in [0.1, 0.15) is 103 Å². The second-order valence-corrected chi connectivity index (χ2v) is 8.15. The first-order valence-corrected chi connectivity index (χ1v) is 10.3. The maximum atomic E-state index is 10.4. The van der Waals surface area contributed by atoms with Crippen molar-refractivity contribution in [1.29, 1.82) is 0 Å². The van der Waals surface area contributed by atoms with Gasteiger partial charge in [-0.3, -0.25) is 0 Å². The van der Waals surface area contributed by atoms with E-state index in [1.165, 1.54) is 83.5 Å². The topological polar surface area (TPSA) is 17.1 Å². The highest BCUT2D eigenvalue weighted by atomic mass is 16.1. The van der Waals surface area contributed by atoms with E-state index in [1.54, 1.807) is 0 Å². The molecule has 0 aromatic carbocycles. The van der Waals surface area contributed by atoms with Crippen molar-refractivity contribution in [2.24, 2.45) is 23.7 Å². The third-order valence-electron chi connectivity index (χ3n) is 6.60. The van der Waals surface area contributed by atoms with Crippen molar-refractivity contribution in [3.05, 3.63) is 0 Å². The molecule has 0 radical (unpaired) electrons. The van der Waals surface area contributed by atoms with Crippen molar-refractivity contribution >= 4 is 6.29 Å². The zero-order valence-corrected chi connectivity index (χ0v) is 14.9. The lowest BCUT2D eigenvalue weighted by Gasteiger charge is -2.38. The normalized spacial score (nSPS) is 32.8. The molecule has 0 saturated heterocycles. The van der Waals surface area contributed by atoms with Gasteiger partial charge in [-0.25, -0.2) is 0 Å². The molecule has 0 aromatic heterocycles. The minimum Gasteiger partial charge on any atom is -0.303 e. The molecule has 2 fully saturated rings. The van der Waals surface area contributed by atoms with E-state index in [9.17, 15) is 4.79 Å². The molecule has 0 heterocycles. The van der Waals surface area contributed by atoms with Gasteiger partial charge in [-0.05, 0) is 55.8 Å². The summed E-state index contributed by atoms with van der Waals surface area (Å²) in [5, 5.41) is 0. The summed E-state index contributed by atoms with van der Waals surface area (Å²) in [6.07, 6.45) is 22.0. The number of aldehydes is 1. The Hall–Kier alpha value is -0.330. The van der Waals surface area contributed by atoms with E-state index in [0.29, 0.717) is 0 Å². The molecule has 0 amide bonds. The van der Waals surface area contributed by atoms with Crippen molar-refractivity contribution < 1.29 is 4.79 Å². The molecule has 2 aliphatic carbocycles. The first-order valence-electron chi connectivity index (χ1n) is 10.3. The summed E-state index contributed by atoms with van der Waals surface area (Å²) in [4.78, 5) is 10.4. The Bertz CT molecular complexity index is 282. The van der Waals surface area contributed by atoms with Gasteiger partial charge in [0.2, 0.25) is 0 Å². The molecule has 1 heteroatoms. The highest BCUT2D eigenvalue weighted by molar-refractivity contribution is 5.48. The van der Waals surface area contributed by atoms with Gasteiger partial charge in [0.05, 0.1) is 0 Å². The second-order valence-electron chi connectivity index (χ2n) is 8.15. The Balaban J connectivity index is 1.59. The Kier molecular flexibility index (Phi) is 8.55. The first-order chi connectivity index (χ1) is 10.8. The molecule has 0 bridgehead atoms. The van der Waals surface area contributed by atoms with Gasteiger partial charge >= 0.3 is 0 Å². The van der Waals surface area contributed by atoms with E-state index in [2.05, 4.69) is 6.92 Å². The fourth-order valence-electron chi connectivity index (χ4n) is 5.07. The maximum absolute atomic E-state index is 10.4. The average Bonchev–Trinajstić information content (AvgIpc) is 2.57. The summed E-state index contributed by atoms with van der Waals surface area (Å²) in [7, 11) is 0. The highest BCUT2D eigenvalue weighted by Crippen LogP contribution is 2.43. The summed E-state index contributed by atoms with van der Waals surface area (Å²) < 4.78 is 0. The van der Waals surface area contributed by atoms with Crippen LogP contribution in [0.2, 0.25) is 0 Å². The number of carbonyl (C=O) groups is 1. The van der Waals surface area contributed by atoms with E-state index >= 15 is 0 Å². The van der Waals surface area contributed by atoms with E-state index < -0.39 is 0 Å². The third-order valence-corrected chi connectivity index (χ3v) is 6.60. The standard InChI is InChI=1S/C21H38O/c1-2-3-4-7-18-9-13-20(14-10-18)21-15-11-19(12-16-21)8-5-6-17-22/h17-21H,2-16H2,1H3. The molecule has 0 unspecified atom stereocenters. The lowest BCUT2D eigenvalue weighted by Crippen LogP contribution is -2.25. The van der Waals surface area contributed by atoms with Gasteiger partial charge in [-0.1, -0.05) is 64.7 Å². The van der Waals surface area contributed by atoms with Crippen LogP contribution in [0, 0.1) is 23.7 Å². The van der Waals surface area contributed by atoms with Crippen molar-refractivity contribution in [1.82, 2.24) is 0 Å². The van der Waals surface area contributed by atoms with Crippen molar-refractivity contribution in [2.45, 2.75) is 103 Å². The van der Waals surface area contributed by atoms with Crippen molar-refractivity contribution in [3.63, 3.8) is 0 Å². The van der Waals surface area contributed by atoms with E-state index in [0.717, 1.165) is 42.8 Å². The summed E-state index contributed by atoms with van der Waals surface area (Å²) in [5.74, 6) is 4.08. The van der Waals surface area contributed by atoms with Gasteiger partial charge in [0.15, 0.2) is 0 Å². The van der Waals surface area contributed by atoms with Gasteiger partial charge in [0.25, 0.3) is 0 Å². The molecule has 2 saturated carbocycles. The molecular formula is C21H38O. The summed E-state index contributed by atoms with van der Waals surface area (Å²) in [5.41, 5.74) is 0. The summed E-state index contributed by atoms with van der Waals surface area (Å²) >= 11 is 0. The number of hydrogen-bond acceptors (Lipinski definition) is 1. The van der Waals surface area contributed by atoms with Gasteiger partial charge in [-0.2, -0.15) is 0 Å². The van der Waals surface area contributed by atoms with Crippen LogP contribution in [-0.4, -0.2) is 6.29 Å². The zero-order chi connectivity index (χ0) is 15.6. The SMILES string of the molecule is CCCCCC1CCC(C2CCC(CCCC=O)CC2)CC1. The zero-order valence-electron chi connectivity index (χ0n) is 14.9. The minimum absolute atomic E-state index is 0.780. The van der Waals surface area contributed by atoms with Gasteiger partial charge in [0.1, 0.15) is 6.29 Å². The molecule has 1 nitrogen and oxygen atoms in total. The fourth-order valence-corrected chi connectivity index (χ4v) is 5.07. The van der Waals surface area contributed by atoms with E-state index in [4.69, 9.17) is 0 Å². The number of carbonyl (C=O) groups excluding carboxylic acids is 1. The van der Waals surface area contributed by atoms with E-state index in [1.807, 2.05) is 0 Å². The third kappa shape index (κ3) is 6.05. The quantitative estimate of drug-likeness (QED) is 0.349. The molecule has 0 atom stereocenters. The van der Waals surface area contributed by atoms with Gasteiger partial charge in [-0.15, -0.1) is 0 Å². The monoisotopic (exact) mass is 306 g/mol. The van der Waals surface area contributed by atoms with Crippen molar-refractivity contribution in [3.8, 4) is 0 Å². The lowest BCUT2D eigenvalue weighted by molar-refractivity contribution is -0.108. The van der Waals surface area contributed by atoms with Crippen molar-refractivity contribution in [2.75, 3.05) is 0 Å². The maximum Gasteiger partial charge on any atom is 0.119 e. The van der Waals surface area contributed by atoms with Crippen LogP contribution in [0.5, 0.6) is 0 Å². The molecular weight excluding hydrogens is 268 g/mol. The van der Waals surface area contributed by atoms with Crippen LogP contribution in [0.4, 0.5) is 0 Å². The van der Waals surface area contributed by atoms with E-state index in [-0.39, 0.29) is 0 Å². The smallest absolute Gasteiger partial charge is 0.119 e. The molecule has 0 N–H and O–H groups in total. The molecule has 2 rings (SSSR count). The number of hydrogen-bond donors (Lipinski definition) is 0.